The summed E-state index contributed by atoms with van der Waals surface area (Å²) in [6.45, 7) is 2.16. The number of rotatable bonds is 4. The molecule has 0 radical (unpaired) electrons. The zero-order valence-corrected chi connectivity index (χ0v) is 16.5. The Kier molecular flexibility index (Phi) is 5.41. The molecule has 1 atom stereocenters. The van der Waals surface area contributed by atoms with Crippen LogP contribution >= 0.6 is 34.5 Å². The number of carbonyl (C=O) groups excluding carboxylic acids is 1. The van der Waals surface area contributed by atoms with Crippen molar-refractivity contribution in [1.82, 2.24) is 4.31 Å². The summed E-state index contributed by atoms with van der Waals surface area (Å²) in [5.41, 5.74) is 1.44. The maximum absolute atomic E-state index is 12.8. The minimum absolute atomic E-state index is 0.149. The van der Waals surface area contributed by atoms with E-state index in [2.05, 4.69) is 5.32 Å². The van der Waals surface area contributed by atoms with Crippen LogP contribution in [0.5, 0.6) is 0 Å². The van der Waals surface area contributed by atoms with Crippen molar-refractivity contribution in [1.29, 1.82) is 0 Å². The topological polar surface area (TPSA) is 66.5 Å². The van der Waals surface area contributed by atoms with Crippen LogP contribution in [-0.4, -0.2) is 31.2 Å². The first-order chi connectivity index (χ1) is 11.8. The molecule has 3 rings (SSSR count). The molecule has 1 N–H and O–H groups in total. The number of thiophene rings is 1. The third kappa shape index (κ3) is 3.85. The average Bonchev–Trinajstić information content (AvgIpc) is 3.20. The summed E-state index contributed by atoms with van der Waals surface area (Å²) in [6, 6.07) is 7.45. The van der Waals surface area contributed by atoms with Crippen molar-refractivity contribution < 1.29 is 13.2 Å². The molecule has 1 aromatic heterocycles. The lowest BCUT2D eigenvalue weighted by molar-refractivity contribution is -0.119. The number of aryl methyl sites for hydroxylation is 1. The number of halogens is 2. The van der Waals surface area contributed by atoms with Gasteiger partial charge in [-0.05, 0) is 49.6 Å². The zero-order chi connectivity index (χ0) is 18.2. The molecule has 1 aliphatic heterocycles. The fourth-order valence-corrected chi connectivity index (χ4v) is 6.23. The Bertz CT molecular complexity index is 912. The largest absolute Gasteiger partial charge is 0.324 e. The van der Waals surface area contributed by atoms with Crippen LogP contribution in [0.4, 0.5) is 5.69 Å². The number of nitrogens with zero attached hydrogens (tertiary/aromatic N) is 1. The predicted octanol–water partition coefficient (Wildman–Crippen LogP) is 4.16. The van der Waals surface area contributed by atoms with Crippen LogP contribution < -0.4 is 5.32 Å². The van der Waals surface area contributed by atoms with E-state index in [0.29, 0.717) is 34.4 Å². The summed E-state index contributed by atoms with van der Waals surface area (Å²) in [5.74, 6) is -0.353. The molecule has 1 saturated heterocycles. The van der Waals surface area contributed by atoms with Gasteiger partial charge in [-0.1, -0.05) is 29.3 Å². The summed E-state index contributed by atoms with van der Waals surface area (Å²) in [6.07, 6.45) is 1.11. The van der Waals surface area contributed by atoms with Crippen molar-refractivity contribution in [2.24, 2.45) is 0 Å². The van der Waals surface area contributed by atoms with Crippen LogP contribution in [0.15, 0.2) is 34.5 Å². The fraction of sp³-hybridized carbons (Fsp3) is 0.312. The third-order valence-electron chi connectivity index (χ3n) is 4.08. The van der Waals surface area contributed by atoms with Gasteiger partial charge in [0.15, 0.2) is 0 Å². The summed E-state index contributed by atoms with van der Waals surface area (Å²) in [4.78, 5) is 12.7. The van der Waals surface area contributed by atoms with Crippen LogP contribution in [0, 0.1) is 6.92 Å². The highest BCUT2D eigenvalue weighted by molar-refractivity contribution is 7.91. The number of hydrogen-bond donors (Lipinski definition) is 1. The maximum Gasteiger partial charge on any atom is 0.253 e. The van der Waals surface area contributed by atoms with E-state index in [0.717, 1.165) is 16.9 Å². The van der Waals surface area contributed by atoms with Gasteiger partial charge in [0.2, 0.25) is 5.91 Å². The number of hydrogen-bond acceptors (Lipinski definition) is 4. The first kappa shape index (κ1) is 18.7. The second kappa shape index (κ2) is 7.25. The standard InChI is InChI=1S/C16H16Cl2N2O3S2/c1-10-4-5-11(17)9-12(10)19-16(21)13-3-2-8-20(13)25(22,23)15-7-6-14(18)24-15/h4-7,9,13H,2-3,8H2,1H3,(H,19,21)/t13-/m0/s1. The van der Waals surface area contributed by atoms with Crippen molar-refractivity contribution in [3.63, 3.8) is 0 Å². The minimum atomic E-state index is -3.74. The molecule has 9 heteroatoms. The molecule has 1 fully saturated rings. The van der Waals surface area contributed by atoms with Crippen LogP contribution in [0.1, 0.15) is 18.4 Å². The summed E-state index contributed by atoms with van der Waals surface area (Å²) >= 11 is 12.8. The van der Waals surface area contributed by atoms with Crippen molar-refractivity contribution in [2.45, 2.75) is 30.0 Å². The Balaban J connectivity index is 1.84. The number of carbonyl (C=O) groups is 1. The molecule has 0 saturated carbocycles. The van der Waals surface area contributed by atoms with Crippen LogP contribution in [-0.2, 0) is 14.8 Å². The summed E-state index contributed by atoms with van der Waals surface area (Å²) in [5, 5.41) is 3.30. The van der Waals surface area contributed by atoms with E-state index in [1.807, 2.05) is 6.92 Å². The molecule has 2 aromatic rings. The quantitative estimate of drug-likeness (QED) is 0.810. The molecular formula is C16H16Cl2N2O3S2. The molecule has 1 aliphatic rings. The lowest BCUT2D eigenvalue weighted by atomic mass is 10.1. The summed E-state index contributed by atoms with van der Waals surface area (Å²) < 4.78 is 27.4. The molecule has 25 heavy (non-hydrogen) atoms. The Morgan fingerprint density at radius 3 is 2.72 bits per heavy atom. The number of anilines is 1. The van der Waals surface area contributed by atoms with Crippen molar-refractivity contribution in [2.75, 3.05) is 11.9 Å². The molecule has 0 aliphatic carbocycles. The molecular weight excluding hydrogens is 403 g/mol. The maximum atomic E-state index is 12.8. The van der Waals surface area contributed by atoms with E-state index in [-0.39, 0.29) is 10.1 Å². The SMILES string of the molecule is Cc1ccc(Cl)cc1NC(=O)[C@@H]1CCCN1S(=O)(=O)c1ccc(Cl)s1. The average molecular weight is 419 g/mol. The van der Waals surface area contributed by atoms with Gasteiger partial charge in [-0.15, -0.1) is 11.3 Å². The second-order valence-corrected chi connectivity index (χ2v) is 10.0. The van der Waals surface area contributed by atoms with Gasteiger partial charge in [-0.25, -0.2) is 8.42 Å². The highest BCUT2D eigenvalue weighted by Crippen LogP contribution is 2.32. The van der Waals surface area contributed by atoms with E-state index in [1.54, 1.807) is 24.3 Å². The smallest absolute Gasteiger partial charge is 0.253 e. The molecule has 134 valence electrons. The van der Waals surface area contributed by atoms with Gasteiger partial charge in [-0.3, -0.25) is 4.79 Å². The van der Waals surface area contributed by atoms with E-state index in [4.69, 9.17) is 23.2 Å². The lowest BCUT2D eigenvalue weighted by Crippen LogP contribution is -2.42. The molecule has 5 nitrogen and oxygen atoms in total. The van der Waals surface area contributed by atoms with Crippen LogP contribution in [0.25, 0.3) is 0 Å². The van der Waals surface area contributed by atoms with Gasteiger partial charge in [0.1, 0.15) is 10.3 Å². The van der Waals surface area contributed by atoms with Gasteiger partial charge < -0.3 is 5.32 Å². The lowest BCUT2D eigenvalue weighted by Gasteiger charge is -2.23. The Morgan fingerprint density at radius 2 is 2.04 bits per heavy atom. The highest BCUT2D eigenvalue weighted by atomic mass is 35.5. The Labute approximate surface area is 160 Å². The number of benzene rings is 1. The van der Waals surface area contributed by atoms with Gasteiger partial charge in [0, 0.05) is 17.3 Å². The van der Waals surface area contributed by atoms with E-state index in [9.17, 15) is 13.2 Å². The zero-order valence-electron chi connectivity index (χ0n) is 13.3. The second-order valence-electron chi connectivity index (χ2n) is 5.78. The molecule has 1 amide bonds. The van der Waals surface area contributed by atoms with Crippen molar-refractivity contribution in [3.05, 3.63) is 45.3 Å². The fourth-order valence-electron chi connectivity index (χ4n) is 2.79. The van der Waals surface area contributed by atoms with E-state index < -0.39 is 16.1 Å². The molecule has 0 bridgehead atoms. The summed E-state index contributed by atoms with van der Waals surface area (Å²) in [7, 11) is -3.74. The number of nitrogens with one attached hydrogen (secondary N) is 1. The van der Waals surface area contributed by atoms with E-state index in [1.165, 1.54) is 10.4 Å². The van der Waals surface area contributed by atoms with E-state index >= 15 is 0 Å². The molecule has 2 heterocycles. The number of sulfonamides is 1. The van der Waals surface area contributed by atoms with Gasteiger partial charge in [0.05, 0.1) is 4.34 Å². The van der Waals surface area contributed by atoms with Gasteiger partial charge >= 0.3 is 0 Å². The molecule has 1 aromatic carbocycles. The number of amides is 1. The van der Waals surface area contributed by atoms with Crippen LogP contribution in [0.2, 0.25) is 9.36 Å². The first-order valence-corrected chi connectivity index (χ1v) is 10.6. The minimum Gasteiger partial charge on any atom is -0.324 e. The third-order valence-corrected chi connectivity index (χ3v) is 7.92. The van der Waals surface area contributed by atoms with Gasteiger partial charge in [-0.2, -0.15) is 4.31 Å². The van der Waals surface area contributed by atoms with Crippen molar-refractivity contribution in [3.8, 4) is 0 Å². The normalized spacial score (nSPS) is 18.4. The van der Waals surface area contributed by atoms with Gasteiger partial charge in [0.25, 0.3) is 10.0 Å². The highest BCUT2D eigenvalue weighted by Gasteiger charge is 2.40. The van der Waals surface area contributed by atoms with Crippen LogP contribution in [0.3, 0.4) is 0 Å². The molecule has 0 unspecified atom stereocenters. The Hall–Kier alpha value is -1.12. The first-order valence-electron chi connectivity index (χ1n) is 7.63. The Morgan fingerprint density at radius 1 is 1.28 bits per heavy atom. The molecule has 0 spiro atoms. The predicted molar refractivity (Wildman–Crippen MR) is 101 cm³/mol. The van der Waals surface area contributed by atoms with Crippen molar-refractivity contribution >= 4 is 56.2 Å². The monoisotopic (exact) mass is 418 g/mol.